The first-order valence-corrected chi connectivity index (χ1v) is 6.41. The van der Waals surface area contributed by atoms with Gasteiger partial charge in [-0.25, -0.2) is 0 Å². The van der Waals surface area contributed by atoms with Gasteiger partial charge in [0, 0.05) is 0 Å². The molecule has 1 aliphatic carbocycles. The first-order valence-electron chi connectivity index (χ1n) is 6.41. The van der Waals surface area contributed by atoms with Gasteiger partial charge in [0.1, 0.15) is 11.4 Å². The summed E-state index contributed by atoms with van der Waals surface area (Å²) in [5.41, 5.74) is 0.303. The minimum Gasteiger partial charge on any atom is -0.382 e. The van der Waals surface area contributed by atoms with Crippen LogP contribution < -0.4 is 5.32 Å². The monoisotopic (exact) mass is 263 g/mol. The van der Waals surface area contributed by atoms with Crippen LogP contribution in [-0.2, 0) is 16.0 Å². The molecule has 0 spiro atoms. The molecule has 2 rings (SSSR count). The quantitative estimate of drug-likeness (QED) is 0.781. The van der Waals surface area contributed by atoms with Crippen LogP contribution >= 0.6 is 0 Å². The van der Waals surface area contributed by atoms with Crippen LogP contribution in [-0.4, -0.2) is 35.9 Å². The fourth-order valence-electron chi connectivity index (χ4n) is 1.54. The molecule has 4 nitrogen and oxygen atoms in total. The van der Waals surface area contributed by atoms with E-state index in [1.54, 1.807) is 6.92 Å². The molecule has 0 aliphatic heterocycles. The number of rotatable bonds is 5. The Morgan fingerprint density at radius 3 is 2.32 bits per heavy atom. The second-order valence-electron chi connectivity index (χ2n) is 4.86. The Morgan fingerprint density at radius 2 is 2.00 bits per heavy atom. The van der Waals surface area contributed by atoms with Gasteiger partial charge in [0.25, 0.3) is 0 Å². The van der Waals surface area contributed by atoms with Gasteiger partial charge in [0.15, 0.2) is 6.29 Å². The Bertz CT molecular complexity index is 413. The predicted octanol–water partition coefficient (Wildman–Crippen LogP) is 1.12. The number of ketones is 1. The predicted molar refractivity (Wildman–Crippen MR) is 73.9 cm³/mol. The van der Waals surface area contributed by atoms with Crippen molar-refractivity contribution in [1.82, 2.24) is 5.32 Å². The van der Waals surface area contributed by atoms with Crippen molar-refractivity contribution in [3.8, 4) is 0 Å². The summed E-state index contributed by atoms with van der Waals surface area (Å²) in [7, 11) is 1.81. The molecule has 0 radical (unpaired) electrons. The van der Waals surface area contributed by atoms with Crippen LogP contribution in [0.25, 0.3) is 0 Å². The Labute approximate surface area is 113 Å². The van der Waals surface area contributed by atoms with Gasteiger partial charge in [-0.2, -0.15) is 0 Å². The molecule has 1 aromatic rings. The SMILES string of the molecule is CNC(Cc1ccccc1)C(C)=O.O=CC1(O)CC1. The molecule has 1 aromatic carbocycles. The fraction of sp³-hybridized carbons (Fsp3) is 0.467. The van der Waals surface area contributed by atoms with Gasteiger partial charge in [-0.1, -0.05) is 30.3 Å². The molecule has 0 aromatic heterocycles. The second kappa shape index (κ2) is 7.16. The lowest BCUT2D eigenvalue weighted by atomic mass is 10.0. The molecule has 0 saturated heterocycles. The second-order valence-corrected chi connectivity index (χ2v) is 4.86. The lowest BCUT2D eigenvalue weighted by Crippen LogP contribution is -2.34. The number of Topliss-reactive ketones (excluding diaryl/α,β-unsaturated/α-hetero) is 1. The van der Waals surface area contributed by atoms with E-state index in [9.17, 15) is 9.59 Å². The van der Waals surface area contributed by atoms with Crippen molar-refractivity contribution in [1.29, 1.82) is 0 Å². The number of hydrogen-bond acceptors (Lipinski definition) is 4. The van der Waals surface area contributed by atoms with Crippen molar-refractivity contribution in [2.45, 2.75) is 37.8 Å². The summed E-state index contributed by atoms with van der Waals surface area (Å²) in [5, 5.41) is 11.6. The number of nitrogens with one attached hydrogen (secondary N) is 1. The number of aliphatic hydroxyl groups is 1. The first kappa shape index (κ1) is 15.5. The van der Waals surface area contributed by atoms with E-state index in [0.717, 1.165) is 6.42 Å². The number of carbonyl (C=O) groups is 2. The average Bonchev–Trinajstić information content (AvgIpc) is 3.16. The van der Waals surface area contributed by atoms with Crippen LogP contribution in [0.5, 0.6) is 0 Å². The maximum absolute atomic E-state index is 11.1. The molecule has 4 heteroatoms. The van der Waals surface area contributed by atoms with Crippen molar-refractivity contribution in [2.75, 3.05) is 7.05 Å². The van der Waals surface area contributed by atoms with Gasteiger partial charge in [-0.3, -0.25) is 4.79 Å². The topological polar surface area (TPSA) is 66.4 Å². The van der Waals surface area contributed by atoms with Crippen LogP contribution in [0.15, 0.2) is 30.3 Å². The fourth-order valence-corrected chi connectivity index (χ4v) is 1.54. The molecule has 1 saturated carbocycles. The minimum absolute atomic E-state index is 0.0533. The molecule has 1 atom stereocenters. The third-order valence-corrected chi connectivity index (χ3v) is 3.10. The Balaban J connectivity index is 0.000000250. The third-order valence-electron chi connectivity index (χ3n) is 3.10. The van der Waals surface area contributed by atoms with Crippen LogP contribution in [0.2, 0.25) is 0 Å². The summed E-state index contributed by atoms with van der Waals surface area (Å²) >= 11 is 0. The van der Waals surface area contributed by atoms with Gasteiger partial charge in [-0.15, -0.1) is 0 Å². The van der Waals surface area contributed by atoms with Gasteiger partial charge in [0.2, 0.25) is 0 Å². The first-order chi connectivity index (χ1) is 9.00. The Kier molecular flexibility index (Phi) is 5.86. The normalized spacial score (nSPS) is 16.8. The molecule has 1 unspecified atom stereocenters. The molecular weight excluding hydrogens is 242 g/mol. The van der Waals surface area contributed by atoms with Gasteiger partial charge in [-0.05, 0) is 38.8 Å². The maximum Gasteiger partial charge on any atom is 0.151 e. The number of likely N-dealkylation sites (N-methyl/N-ethyl adjacent to an activating group) is 1. The standard InChI is InChI=1S/C11H15NO.C4H6O2/c1-9(13)11(12-2)8-10-6-4-3-5-7-10;5-3-4(6)1-2-4/h3-7,11-12H,8H2,1-2H3;3,6H,1-2H2. The lowest BCUT2D eigenvalue weighted by molar-refractivity contribution is -0.119. The average molecular weight is 263 g/mol. The van der Waals surface area contributed by atoms with Gasteiger partial charge in [0.05, 0.1) is 6.04 Å². The van der Waals surface area contributed by atoms with E-state index in [4.69, 9.17) is 5.11 Å². The highest BCUT2D eigenvalue weighted by atomic mass is 16.3. The molecular formula is C15H21NO3. The summed E-state index contributed by atoms with van der Waals surface area (Å²) in [6.45, 7) is 1.62. The zero-order valence-corrected chi connectivity index (χ0v) is 11.4. The maximum atomic E-state index is 11.1. The van der Waals surface area contributed by atoms with Crippen LogP contribution in [0.1, 0.15) is 25.3 Å². The summed E-state index contributed by atoms with van der Waals surface area (Å²) in [5.74, 6) is 0.186. The van der Waals surface area contributed by atoms with E-state index in [2.05, 4.69) is 5.32 Å². The molecule has 0 amide bonds. The lowest BCUT2D eigenvalue weighted by Gasteiger charge is -2.11. The third kappa shape index (κ3) is 5.77. The number of carbonyl (C=O) groups excluding carboxylic acids is 2. The Hall–Kier alpha value is -1.52. The highest BCUT2D eigenvalue weighted by molar-refractivity contribution is 5.81. The van der Waals surface area contributed by atoms with E-state index in [0.29, 0.717) is 19.1 Å². The van der Waals surface area contributed by atoms with Crippen molar-refractivity contribution in [2.24, 2.45) is 0 Å². The van der Waals surface area contributed by atoms with Crippen molar-refractivity contribution in [3.05, 3.63) is 35.9 Å². The highest BCUT2D eigenvalue weighted by Gasteiger charge is 2.39. The number of hydrogen-bond donors (Lipinski definition) is 2. The summed E-state index contributed by atoms with van der Waals surface area (Å²) in [6.07, 6.45) is 2.70. The van der Waals surface area contributed by atoms with Crippen LogP contribution in [0, 0.1) is 0 Å². The molecule has 1 aliphatic rings. The van der Waals surface area contributed by atoms with Crippen LogP contribution in [0.4, 0.5) is 0 Å². The minimum atomic E-state index is -0.889. The van der Waals surface area contributed by atoms with E-state index >= 15 is 0 Å². The van der Waals surface area contributed by atoms with E-state index in [1.807, 2.05) is 37.4 Å². The Morgan fingerprint density at radius 1 is 1.42 bits per heavy atom. The largest absolute Gasteiger partial charge is 0.382 e. The summed E-state index contributed by atoms with van der Waals surface area (Å²) < 4.78 is 0. The number of aldehydes is 1. The molecule has 1 fully saturated rings. The zero-order chi connectivity index (χ0) is 14.3. The van der Waals surface area contributed by atoms with Crippen molar-refractivity contribution < 1.29 is 14.7 Å². The smallest absolute Gasteiger partial charge is 0.151 e. The number of benzene rings is 1. The zero-order valence-electron chi connectivity index (χ0n) is 11.4. The molecule has 104 valence electrons. The van der Waals surface area contributed by atoms with Crippen molar-refractivity contribution >= 4 is 12.1 Å². The van der Waals surface area contributed by atoms with E-state index in [1.165, 1.54) is 5.56 Å². The summed E-state index contributed by atoms with van der Waals surface area (Å²) in [4.78, 5) is 20.8. The van der Waals surface area contributed by atoms with E-state index in [-0.39, 0.29) is 11.8 Å². The molecule has 19 heavy (non-hydrogen) atoms. The van der Waals surface area contributed by atoms with E-state index < -0.39 is 5.60 Å². The molecule has 2 N–H and O–H groups in total. The molecule has 0 bridgehead atoms. The van der Waals surface area contributed by atoms with Crippen molar-refractivity contribution in [3.63, 3.8) is 0 Å². The van der Waals surface area contributed by atoms with Gasteiger partial charge >= 0.3 is 0 Å². The highest BCUT2D eigenvalue weighted by Crippen LogP contribution is 2.31. The molecule has 0 heterocycles. The van der Waals surface area contributed by atoms with Crippen LogP contribution in [0.3, 0.4) is 0 Å². The van der Waals surface area contributed by atoms with Gasteiger partial charge < -0.3 is 15.2 Å². The summed E-state index contributed by atoms with van der Waals surface area (Å²) in [6, 6.07) is 9.97.